The molecule has 0 spiro atoms. The van der Waals surface area contributed by atoms with E-state index in [2.05, 4.69) is 35.3 Å². The van der Waals surface area contributed by atoms with Crippen LogP contribution in [-0.2, 0) is 12.4 Å². The fraction of sp³-hybridized carbons (Fsp3) is 0.0588. The third-order valence-corrected chi connectivity index (χ3v) is 11.1. The average molecular weight is 942 g/mol. The predicted octanol–water partition coefficient (Wildman–Crippen LogP) is 13.6. The number of nitrogens with one attached hydrogen (secondary N) is 3. The highest BCUT2D eigenvalue weighted by molar-refractivity contribution is 6.02. The Morgan fingerprint density at radius 1 is 0.449 bits per heavy atom. The van der Waals surface area contributed by atoms with Crippen LogP contribution in [0, 0.1) is 5.41 Å². The molecule has 0 amide bonds. The minimum absolute atomic E-state index is 0.0408. The van der Waals surface area contributed by atoms with Gasteiger partial charge in [-0.25, -0.2) is 0 Å². The summed E-state index contributed by atoms with van der Waals surface area (Å²) in [4.78, 5) is 13.3. The first-order chi connectivity index (χ1) is 32.9. The summed E-state index contributed by atoms with van der Waals surface area (Å²) < 4.78 is 119. The summed E-state index contributed by atoms with van der Waals surface area (Å²) in [6.07, 6.45) is -9.05. The number of hydrogen-bond donors (Lipinski definition) is 4. The van der Waals surface area contributed by atoms with E-state index in [0.717, 1.165) is 56.6 Å². The first kappa shape index (κ1) is 45.5. The lowest BCUT2D eigenvalue weighted by Crippen LogP contribution is -2.20. The van der Waals surface area contributed by atoms with Crippen molar-refractivity contribution in [2.75, 3.05) is 0 Å². The number of pyridine rings is 3. The molecule has 0 bridgehead atoms. The molecule has 0 aliphatic heterocycles. The van der Waals surface area contributed by atoms with Crippen molar-refractivity contribution in [3.8, 4) is 89.5 Å². The fourth-order valence-electron chi connectivity index (χ4n) is 7.71. The molecular weight excluding hydrogens is 910 g/mol. The van der Waals surface area contributed by atoms with E-state index in [4.69, 9.17) is 11.1 Å². The zero-order chi connectivity index (χ0) is 48.7. The topological polar surface area (TPSA) is 146 Å². The highest BCUT2D eigenvalue weighted by Gasteiger charge is 2.35. The summed E-state index contributed by atoms with van der Waals surface area (Å²) in [5.74, 6) is 0. The lowest BCUT2D eigenvalue weighted by atomic mass is 9.86. The number of benzene rings is 4. The fourth-order valence-corrected chi connectivity index (χ4v) is 7.71. The first-order valence-corrected chi connectivity index (χ1v) is 20.6. The Morgan fingerprint density at radius 2 is 0.797 bits per heavy atom. The van der Waals surface area contributed by atoms with Gasteiger partial charge in [0, 0.05) is 35.3 Å². The lowest BCUT2D eigenvalue weighted by molar-refractivity contribution is -0.142. The Kier molecular flexibility index (Phi) is 11.8. The van der Waals surface area contributed by atoms with Crippen molar-refractivity contribution in [2.45, 2.75) is 18.5 Å². The van der Waals surface area contributed by atoms with Crippen molar-refractivity contribution in [3.05, 3.63) is 181 Å². The summed E-state index contributed by atoms with van der Waals surface area (Å²) in [7, 11) is 0. The van der Waals surface area contributed by atoms with Gasteiger partial charge in [0.25, 0.3) is 0 Å². The van der Waals surface area contributed by atoms with E-state index in [1.54, 1.807) is 42.7 Å². The van der Waals surface area contributed by atoms with Crippen LogP contribution in [0.4, 0.5) is 39.5 Å². The number of nitrogens with two attached hydrogens (primary N) is 1. The van der Waals surface area contributed by atoms with Gasteiger partial charge in [-0.2, -0.15) is 49.7 Å². The average Bonchev–Trinajstić information content (AvgIpc) is 4.07. The highest BCUT2D eigenvalue weighted by Crippen LogP contribution is 2.43. The summed E-state index contributed by atoms with van der Waals surface area (Å²) in [6, 6.07) is 40.1. The second-order valence-electron chi connectivity index (χ2n) is 15.6. The monoisotopic (exact) mass is 941 g/mol. The molecule has 344 valence electrons. The number of hydrogen-bond acceptors (Lipinski definition) is 7. The molecule has 5 aromatic heterocycles. The van der Waals surface area contributed by atoms with Gasteiger partial charge in [-0.3, -0.25) is 30.6 Å². The summed E-state index contributed by atoms with van der Waals surface area (Å²) in [5.41, 5.74) is 11.2. The van der Waals surface area contributed by atoms with E-state index in [-0.39, 0.29) is 34.2 Å². The van der Waals surface area contributed by atoms with Crippen molar-refractivity contribution in [1.29, 1.82) is 5.41 Å². The minimum Gasteiger partial charge on any atom is -0.397 e. The van der Waals surface area contributed by atoms with Crippen LogP contribution in [0.3, 0.4) is 0 Å². The maximum Gasteiger partial charge on any atom is 0.435 e. The predicted molar refractivity (Wildman–Crippen MR) is 244 cm³/mol. The molecule has 0 aliphatic carbocycles. The van der Waals surface area contributed by atoms with Crippen molar-refractivity contribution in [1.82, 2.24) is 35.3 Å². The van der Waals surface area contributed by atoms with Gasteiger partial charge in [0.2, 0.25) is 0 Å². The van der Waals surface area contributed by atoms with Crippen LogP contribution in [-0.4, -0.2) is 47.2 Å². The van der Waals surface area contributed by atoms with Crippen molar-refractivity contribution in [2.24, 2.45) is 5.73 Å². The maximum atomic E-state index is 13.3. The number of allylic oxidation sites excluding steroid dienone is 1. The normalized spacial score (nSPS) is 12.3. The molecule has 0 atom stereocenters. The standard InChI is InChI=1S/C51H32F9N9/c52-49(53,54)46(62)22-40(61)41-16-13-28(25-63-41)34-7-1-4-10-37(34)31-19-32(38-11-5-2-8-35(38)29-14-17-42(64-26-29)44-23-47(68-66-44)50(55,56)57)21-33(20-31)39-12-6-3-9-36(39)30-15-18-43(65-27-30)45-24-48(69-67-45)51(58,59)60/h1-27,62H,61H2,(H,66,68)(H,67,69)/b40-22-,62-46?. The minimum atomic E-state index is -4.89. The molecule has 9 rings (SSSR count). The molecule has 0 saturated heterocycles. The molecule has 0 unspecified atom stereocenters. The molecule has 0 aliphatic rings. The van der Waals surface area contributed by atoms with Crippen LogP contribution < -0.4 is 5.73 Å². The van der Waals surface area contributed by atoms with E-state index in [1.807, 2.05) is 91.0 Å². The molecule has 69 heavy (non-hydrogen) atoms. The number of aromatic amines is 2. The van der Waals surface area contributed by atoms with Gasteiger partial charge in [-0.15, -0.1) is 0 Å². The highest BCUT2D eigenvalue weighted by atomic mass is 19.4. The van der Waals surface area contributed by atoms with E-state index < -0.39 is 35.6 Å². The Labute approximate surface area is 385 Å². The number of H-pyrrole nitrogens is 2. The lowest BCUT2D eigenvalue weighted by Gasteiger charge is -2.18. The molecule has 18 heteroatoms. The molecule has 4 aromatic carbocycles. The smallest absolute Gasteiger partial charge is 0.397 e. The zero-order valence-corrected chi connectivity index (χ0v) is 35.3. The quantitative estimate of drug-likeness (QED) is 0.0793. The number of alkyl halides is 9. The molecule has 9 aromatic rings. The first-order valence-electron chi connectivity index (χ1n) is 20.6. The van der Waals surface area contributed by atoms with Gasteiger partial charge in [0.15, 0.2) is 11.4 Å². The second-order valence-corrected chi connectivity index (χ2v) is 15.6. The number of nitrogens with zero attached hydrogens (tertiary/aromatic N) is 5. The van der Waals surface area contributed by atoms with Crippen molar-refractivity contribution >= 4 is 11.4 Å². The van der Waals surface area contributed by atoms with Crippen molar-refractivity contribution < 1.29 is 39.5 Å². The Balaban J connectivity index is 1.16. The Morgan fingerprint density at radius 3 is 1.09 bits per heavy atom. The largest absolute Gasteiger partial charge is 0.435 e. The zero-order valence-electron chi connectivity index (χ0n) is 35.3. The molecule has 0 radical (unpaired) electrons. The van der Waals surface area contributed by atoms with Crippen LogP contribution >= 0.6 is 0 Å². The third-order valence-electron chi connectivity index (χ3n) is 11.1. The maximum absolute atomic E-state index is 13.3. The third kappa shape index (κ3) is 9.63. The second kappa shape index (κ2) is 17.9. The van der Waals surface area contributed by atoms with Crippen LogP contribution in [0.25, 0.3) is 95.2 Å². The van der Waals surface area contributed by atoms with E-state index in [1.165, 1.54) is 12.3 Å². The van der Waals surface area contributed by atoms with Crippen LogP contribution in [0.1, 0.15) is 17.1 Å². The van der Waals surface area contributed by atoms with Gasteiger partial charge in [0.05, 0.1) is 34.2 Å². The number of aromatic nitrogens is 7. The Hall–Kier alpha value is -8.67. The summed E-state index contributed by atoms with van der Waals surface area (Å²) >= 11 is 0. The van der Waals surface area contributed by atoms with Crippen molar-refractivity contribution in [3.63, 3.8) is 0 Å². The molecule has 0 fully saturated rings. The molecule has 5 heterocycles. The molecule has 9 nitrogen and oxygen atoms in total. The van der Waals surface area contributed by atoms with Crippen LogP contribution in [0.15, 0.2) is 164 Å². The number of rotatable bonds is 10. The number of halogens is 9. The van der Waals surface area contributed by atoms with Gasteiger partial charge in [0.1, 0.15) is 5.71 Å². The molecule has 5 N–H and O–H groups in total. The van der Waals surface area contributed by atoms with E-state index >= 15 is 0 Å². The van der Waals surface area contributed by atoms with Gasteiger partial charge in [-0.1, -0.05) is 91.0 Å². The van der Waals surface area contributed by atoms with Gasteiger partial charge >= 0.3 is 18.5 Å². The van der Waals surface area contributed by atoms with Crippen LogP contribution in [0.5, 0.6) is 0 Å². The van der Waals surface area contributed by atoms with E-state index in [9.17, 15) is 39.5 Å². The van der Waals surface area contributed by atoms with Gasteiger partial charge in [-0.05, 0) is 105 Å². The molecular formula is C51H32F9N9. The summed E-state index contributed by atoms with van der Waals surface area (Å²) in [6.45, 7) is 0. The summed E-state index contributed by atoms with van der Waals surface area (Å²) in [5, 5.41) is 18.9. The Bertz CT molecular complexity index is 3210. The van der Waals surface area contributed by atoms with Crippen LogP contribution in [0.2, 0.25) is 0 Å². The molecule has 0 saturated carbocycles. The van der Waals surface area contributed by atoms with Gasteiger partial charge < -0.3 is 5.73 Å². The van der Waals surface area contributed by atoms with E-state index in [0.29, 0.717) is 28.3 Å². The SMILES string of the molecule is N=C(/C=C(\N)c1ccc(-c2ccccc2-c2cc(-c3ccccc3-c3ccc(-c4cc(C(F)(F)F)n[nH]4)nc3)cc(-c3ccccc3-c3ccc(-c4cc(C(F)(F)F)n[nH]4)nc3)c2)cn1)C(F)(F)F.